The molecule has 0 bridgehead atoms. The predicted molar refractivity (Wildman–Crippen MR) is 93.3 cm³/mol. The minimum Gasteiger partial charge on any atom is -0.341 e. The second kappa shape index (κ2) is 7.78. The highest BCUT2D eigenvalue weighted by Crippen LogP contribution is 2.15. The third-order valence-corrected chi connectivity index (χ3v) is 5.22. The minimum absolute atomic E-state index is 0.000150. The van der Waals surface area contributed by atoms with E-state index in [2.05, 4.69) is 22.8 Å². The SMILES string of the molecule is C[C@H](C(=O)N1CCCC1)N1CCN(Cc2ccc(C#N)cc2)CC1. The number of benzene rings is 1. The molecule has 2 heterocycles. The van der Waals surface area contributed by atoms with Crippen molar-refractivity contribution >= 4 is 5.91 Å². The summed E-state index contributed by atoms with van der Waals surface area (Å²) in [6.07, 6.45) is 2.30. The Morgan fingerprint density at radius 3 is 2.29 bits per heavy atom. The zero-order valence-electron chi connectivity index (χ0n) is 14.4. The maximum atomic E-state index is 12.5. The van der Waals surface area contributed by atoms with Gasteiger partial charge in [-0.25, -0.2) is 0 Å². The number of rotatable bonds is 4. The van der Waals surface area contributed by atoms with Crippen LogP contribution in [0.5, 0.6) is 0 Å². The molecule has 0 aromatic heterocycles. The summed E-state index contributed by atoms with van der Waals surface area (Å²) in [6, 6.07) is 9.97. The first-order valence-corrected chi connectivity index (χ1v) is 8.91. The van der Waals surface area contributed by atoms with E-state index in [1.165, 1.54) is 5.56 Å². The third kappa shape index (κ3) is 3.95. The molecule has 0 radical (unpaired) electrons. The number of carbonyl (C=O) groups excluding carboxylic acids is 1. The molecule has 0 spiro atoms. The van der Waals surface area contributed by atoms with Crippen LogP contribution < -0.4 is 0 Å². The summed E-state index contributed by atoms with van der Waals surface area (Å²) in [5.74, 6) is 0.299. The van der Waals surface area contributed by atoms with E-state index in [0.29, 0.717) is 11.5 Å². The molecular formula is C19H26N4O. The Morgan fingerprint density at radius 2 is 1.71 bits per heavy atom. The quantitative estimate of drug-likeness (QED) is 0.845. The Bertz CT molecular complexity index is 593. The average molecular weight is 326 g/mol. The van der Waals surface area contributed by atoms with Crippen LogP contribution in [0, 0.1) is 11.3 Å². The van der Waals surface area contributed by atoms with Crippen LogP contribution in [0.4, 0.5) is 0 Å². The lowest BCUT2D eigenvalue weighted by atomic mass is 10.1. The van der Waals surface area contributed by atoms with Crippen molar-refractivity contribution < 1.29 is 4.79 Å². The molecule has 1 amide bonds. The molecule has 1 atom stereocenters. The Labute approximate surface area is 144 Å². The van der Waals surface area contributed by atoms with Crippen LogP contribution in [0.15, 0.2) is 24.3 Å². The summed E-state index contributed by atoms with van der Waals surface area (Å²) < 4.78 is 0. The zero-order valence-corrected chi connectivity index (χ0v) is 14.4. The van der Waals surface area contributed by atoms with E-state index in [4.69, 9.17) is 5.26 Å². The third-order valence-electron chi connectivity index (χ3n) is 5.22. The van der Waals surface area contributed by atoms with E-state index in [9.17, 15) is 4.79 Å². The van der Waals surface area contributed by atoms with Crippen molar-refractivity contribution in [3.63, 3.8) is 0 Å². The summed E-state index contributed by atoms with van der Waals surface area (Å²) in [7, 11) is 0. The Balaban J connectivity index is 1.48. The lowest BCUT2D eigenvalue weighted by Gasteiger charge is -2.38. The molecule has 2 aliphatic heterocycles. The smallest absolute Gasteiger partial charge is 0.239 e. The summed E-state index contributed by atoms with van der Waals surface area (Å²) in [5, 5.41) is 8.86. The molecule has 5 heteroatoms. The first kappa shape index (κ1) is 16.9. The Morgan fingerprint density at radius 1 is 1.08 bits per heavy atom. The van der Waals surface area contributed by atoms with Gasteiger partial charge in [0.2, 0.25) is 5.91 Å². The Hall–Kier alpha value is -1.90. The fourth-order valence-corrected chi connectivity index (χ4v) is 3.61. The van der Waals surface area contributed by atoms with Crippen LogP contribution in [0.3, 0.4) is 0 Å². The number of piperazine rings is 1. The fraction of sp³-hybridized carbons (Fsp3) is 0.579. The van der Waals surface area contributed by atoms with Gasteiger partial charge in [0, 0.05) is 45.8 Å². The van der Waals surface area contributed by atoms with Crippen molar-refractivity contribution in [2.45, 2.75) is 32.4 Å². The standard InChI is InChI=1S/C19H26N4O/c1-16(19(24)23-8-2-3-9-23)22-12-10-21(11-13-22)15-18-6-4-17(14-20)5-7-18/h4-7,16H,2-3,8-13,15H2,1H3/t16-/m1/s1. The molecule has 1 aromatic carbocycles. The fourth-order valence-electron chi connectivity index (χ4n) is 3.61. The van der Waals surface area contributed by atoms with Gasteiger partial charge in [-0.1, -0.05) is 12.1 Å². The van der Waals surface area contributed by atoms with E-state index in [0.717, 1.165) is 58.7 Å². The Kier molecular flexibility index (Phi) is 5.49. The molecule has 1 aromatic rings. The predicted octanol–water partition coefficient (Wildman–Crippen LogP) is 1.69. The van der Waals surface area contributed by atoms with Gasteiger partial charge in [0.15, 0.2) is 0 Å². The van der Waals surface area contributed by atoms with Gasteiger partial charge >= 0.3 is 0 Å². The highest BCUT2D eigenvalue weighted by molar-refractivity contribution is 5.81. The van der Waals surface area contributed by atoms with Crippen LogP contribution in [-0.2, 0) is 11.3 Å². The van der Waals surface area contributed by atoms with E-state index < -0.39 is 0 Å². The van der Waals surface area contributed by atoms with Gasteiger partial charge in [-0.2, -0.15) is 5.26 Å². The van der Waals surface area contributed by atoms with Gasteiger partial charge in [0.1, 0.15) is 0 Å². The van der Waals surface area contributed by atoms with Crippen LogP contribution >= 0.6 is 0 Å². The lowest BCUT2D eigenvalue weighted by Crippen LogP contribution is -2.54. The van der Waals surface area contributed by atoms with Gasteiger partial charge < -0.3 is 4.90 Å². The number of hydrogen-bond donors (Lipinski definition) is 0. The number of nitriles is 1. The molecule has 128 valence electrons. The maximum absolute atomic E-state index is 12.5. The van der Waals surface area contributed by atoms with E-state index in [1.54, 1.807) is 0 Å². The summed E-state index contributed by atoms with van der Waals surface area (Å²) >= 11 is 0. The molecule has 5 nitrogen and oxygen atoms in total. The highest BCUT2D eigenvalue weighted by Gasteiger charge is 2.29. The highest BCUT2D eigenvalue weighted by atomic mass is 16.2. The molecule has 2 fully saturated rings. The van der Waals surface area contributed by atoms with Crippen molar-refractivity contribution in [1.82, 2.24) is 14.7 Å². The first-order chi connectivity index (χ1) is 11.7. The normalized spacial score (nSPS) is 20.8. The summed E-state index contributed by atoms with van der Waals surface area (Å²) in [5.41, 5.74) is 1.95. The van der Waals surface area contributed by atoms with Gasteiger partial charge in [-0.05, 0) is 37.5 Å². The van der Waals surface area contributed by atoms with Crippen LogP contribution in [-0.4, -0.2) is 65.9 Å². The molecule has 24 heavy (non-hydrogen) atoms. The van der Waals surface area contributed by atoms with Gasteiger partial charge in [-0.3, -0.25) is 14.6 Å². The molecule has 2 aliphatic rings. The molecule has 0 saturated carbocycles. The molecular weight excluding hydrogens is 300 g/mol. The summed E-state index contributed by atoms with van der Waals surface area (Å²) in [6.45, 7) is 8.68. The first-order valence-electron chi connectivity index (χ1n) is 8.91. The topological polar surface area (TPSA) is 50.6 Å². The number of amides is 1. The van der Waals surface area contributed by atoms with Gasteiger partial charge in [0.25, 0.3) is 0 Å². The monoisotopic (exact) mass is 326 g/mol. The van der Waals surface area contributed by atoms with Crippen LogP contribution in [0.25, 0.3) is 0 Å². The van der Waals surface area contributed by atoms with Crippen molar-refractivity contribution in [1.29, 1.82) is 5.26 Å². The number of carbonyl (C=O) groups is 1. The van der Waals surface area contributed by atoms with Crippen molar-refractivity contribution in [3.8, 4) is 6.07 Å². The van der Waals surface area contributed by atoms with Crippen molar-refractivity contribution in [3.05, 3.63) is 35.4 Å². The van der Waals surface area contributed by atoms with Crippen molar-refractivity contribution in [2.24, 2.45) is 0 Å². The second-order valence-electron chi connectivity index (χ2n) is 6.83. The zero-order chi connectivity index (χ0) is 16.9. The second-order valence-corrected chi connectivity index (χ2v) is 6.83. The van der Waals surface area contributed by atoms with Crippen LogP contribution in [0.1, 0.15) is 30.9 Å². The number of nitrogens with zero attached hydrogens (tertiary/aromatic N) is 4. The average Bonchev–Trinajstić information content (AvgIpc) is 3.16. The van der Waals surface area contributed by atoms with Gasteiger partial charge in [-0.15, -0.1) is 0 Å². The molecule has 3 rings (SSSR count). The van der Waals surface area contributed by atoms with Crippen molar-refractivity contribution in [2.75, 3.05) is 39.3 Å². The van der Waals surface area contributed by atoms with Crippen LogP contribution in [0.2, 0.25) is 0 Å². The number of hydrogen-bond acceptors (Lipinski definition) is 4. The van der Waals surface area contributed by atoms with E-state index in [-0.39, 0.29) is 6.04 Å². The van der Waals surface area contributed by atoms with E-state index >= 15 is 0 Å². The lowest BCUT2D eigenvalue weighted by molar-refractivity contribution is -0.136. The molecule has 0 N–H and O–H groups in total. The maximum Gasteiger partial charge on any atom is 0.239 e. The molecule has 0 unspecified atom stereocenters. The largest absolute Gasteiger partial charge is 0.341 e. The summed E-state index contributed by atoms with van der Waals surface area (Å²) in [4.78, 5) is 19.3. The minimum atomic E-state index is 0.000150. The molecule has 0 aliphatic carbocycles. The number of likely N-dealkylation sites (tertiary alicyclic amines) is 1. The van der Waals surface area contributed by atoms with E-state index in [1.807, 2.05) is 29.2 Å². The molecule has 2 saturated heterocycles. The van der Waals surface area contributed by atoms with Gasteiger partial charge in [0.05, 0.1) is 17.7 Å².